The molecule has 0 aliphatic heterocycles. The third-order valence-corrected chi connectivity index (χ3v) is 6.04. The molecule has 0 spiro atoms. The predicted octanol–water partition coefficient (Wildman–Crippen LogP) is 5.81. The highest BCUT2D eigenvalue weighted by molar-refractivity contribution is 5.84. The zero-order valence-electron chi connectivity index (χ0n) is 18.1. The Kier molecular flexibility index (Phi) is 5.20. The van der Waals surface area contributed by atoms with Gasteiger partial charge in [-0.1, -0.05) is 104 Å². The van der Waals surface area contributed by atoms with E-state index in [1.54, 1.807) is 0 Å². The average molecular weight is 419 g/mol. The number of benzene rings is 3. The summed E-state index contributed by atoms with van der Waals surface area (Å²) in [6.07, 6.45) is 3.75. The molecule has 4 nitrogen and oxygen atoms in total. The van der Waals surface area contributed by atoms with Crippen LogP contribution in [-0.4, -0.2) is 14.8 Å². The summed E-state index contributed by atoms with van der Waals surface area (Å²) in [5.41, 5.74) is 11.0. The van der Waals surface area contributed by atoms with E-state index in [-0.39, 0.29) is 0 Å². The average Bonchev–Trinajstić information content (AvgIpc) is 3.20. The summed E-state index contributed by atoms with van der Waals surface area (Å²) >= 11 is 0. The molecule has 0 amide bonds. The van der Waals surface area contributed by atoms with Crippen LogP contribution in [0.2, 0.25) is 0 Å². The van der Waals surface area contributed by atoms with E-state index in [4.69, 9.17) is 10.8 Å². The van der Waals surface area contributed by atoms with Gasteiger partial charge in [-0.05, 0) is 23.1 Å². The molecule has 2 aromatic heterocycles. The molecule has 32 heavy (non-hydrogen) atoms. The summed E-state index contributed by atoms with van der Waals surface area (Å²) in [5.74, 6) is 0.491. The van der Waals surface area contributed by atoms with Crippen molar-refractivity contribution in [3.05, 3.63) is 126 Å². The van der Waals surface area contributed by atoms with Gasteiger partial charge in [-0.25, -0.2) is 9.67 Å². The van der Waals surface area contributed by atoms with Crippen LogP contribution in [0.15, 0.2) is 103 Å². The fourth-order valence-electron chi connectivity index (χ4n) is 4.67. The summed E-state index contributed by atoms with van der Waals surface area (Å²) in [6.45, 7) is 2.18. The van der Waals surface area contributed by atoms with Gasteiger partial charge >= 0.3 is 0 Å². The lowest BCUT2D eigenvalue weighted by Gasteiger charge is -2.37. The molecule has 0 aliphatic carbocycles. The largest absolute Gasteiger partial charge is 0.384 e. The van der Waals surface area contributed by atoms with Gasteiger partial charge in [0.05, 0.1) is 11.2 Å². The quantitative estimate of drug-likeness (QED) is 0.354. The third kappa shape index (κ3) is 3.16. The van der Waals surface area contributed by atoms with E-state index < -0.39 is 5.54 Å². The summed E-state index contributed by atoms with van der Waals surface area (Å²) in [6, 6.07) is 33.7. The van der Waals surface area contributed by atoms with Gasteiger partial charge in [0.1, 0.15) is 11.4 Å². The maximum Gasteiger partial charge on any atom is 0.138 e. The van der Waals surface area contributed by atoms with E-state index in [0.29, 0.717) is 5.82 Å². The van der Waals surface area contributed by atoms with Gasteiger partial charge in [-0.15, -0.1) is 0 Å². The third-order valence-electron chi connectivity index (χ3n) is 6.04. The SMILES string of the molecule is CCCc1nn(C(c2ccccc2)(c2ccccc2)c2ccccc2)c2cc(N)ncc12. The topological polar surface area (TPSA) is 56.7 Å². The molecule has 0 radical (unpaired) electrons. The number of hydrogen-bond donors (Lipinski definition) is 1. The second kappa shape index (κ2) is 8.31. The molecule has 0 saturated heterocycles. The van der Waals surface area contributed by atoms with Crippen LogP contribution in [0.5, 0.6) is 0 Å². The first kappa shape index (κ1) is 20.0. The Bertz CT molecular complexity index is 1230. The molecule has 5 rings (SSSR count). The molecule has 0 atom stereocenters. The molecule has 0 saturated carbocycles. The number of fused-ring (bicyclic) bond motifs is 1. The smallest absolute Gasteiger partial charge is 0.138 e. The van der Waals surface area contributed by atoms with Crippen molar-refractivity contribution >= 4 is 16.7 Å². The van der Waals surface area contributed by atoms with Gasteiger partial charge < -0.3 is 5.73 Å². The van der Waals surface area contributed by atoms with Crippen molar-refractivity contribution in [1.29, 1.82) is 0 Å². The molecule has 2 N–H and O–H groups in total. The summed E-state index contributed by atoms with van der Waals surface area (Å²) in [5, 5.41) is 6.29. The Balaban J connectivity index is 1.97. The van der Waals surface area contributed by atoms with E-state index in [2.05, 4.69) is 108 Å². The second-order valence-electron chi connectivity index (χ2n) is 8.04. The minimum atomic E-state index is -0.665. The maximum absolute atomic E-state index is 6.18. The molecule has 4 heteroatoms. The van der Waals surface area contributed by atoms with Crippen LogP contribution >= 0.6 is 0 Å². The molecular weight excluding hydrogens is 392 g/mol. The van der Waals surface area contributed by atoms with Crippen molar-refractivity contribution < 1.29 is 0 Å². The molecule has 158 valence electrons. The number of aryl methyl sites for hydroxylation is 1. The number of nitrogen functional groups attached to an aromatic ring is 1. The van der Waals surface area contributed by atoms with Crippen LogP contribution in [0.1, 0.15) is 35.7 Å². The number of nitrogens with two attached hydrogens (primary N) is 1. The molecule has 0 aliphatic rings. The first-order chi connectivity index (χ1) is 15.7. The molecule has 0 fully saturated rings. The summed E-state index contributed by atoms with van der Waals surface area (Å²) < 4.78 is 2.16. The molecule has 2 heterocycles. The van der Waals surface area contributed by atoms with Gasteiger partial charge in [0, 0.05) is 17.6 Å². The fraction of sp³-hybridized carbons (Fsp3) is 0.143. The fourth-order valence-corrected chi connectivity index (χ4v) is 4.67. The number of pyridine rings is 1. The zero-order valence-corrected chi connectivity index (χ0v) is 18.1. The van der Waals surface area contributed by atoms with Gasteiger partial charge in [0.2, 0.25) is 0 Å². The Morgan fingerprint density at radius 2 is 1.28 bits per heavy atom. The Labute approximate surface area is 188 Å². The maximum atomic E-state index is 6.18. The highest BCUT2D eigenvalue weighted by Crippen LogP contribution is 2.42. The van der Waals surface area contributed by atoms with Gasteiger partial charge in [-0.2, -0.15) is 5.10 Å². The minimum Gasteiger partial charge on any atom is -0.384 e. The van der Waals surface area contributed by atoms with Crippen molar-refractivity contribution in [3.63, 3.8) is 0 Å². The second-order valence-corrected chi connectivity index (χ2v) is 8.04. The van der Waals surface area contributed by atoms with E-state index in [9.17, 15) is 0 Å². The molecule has 0 unspecified atom stereocenters. The van der Waals surface area contributed by atoms with Crippen molar-refractivity contribution in [2.24, 2.45) is 0 Å². The number of anilines is 1. The van der Waals surface area contributed by atoms with Crippen LogP contribution in [-0.2, 0) is 12.0 Å². The van der Waals surface area contributed by atoms with Crippen LogP contribution in [0.3, 0.4) is 0 Å². The van der Waals surface area contributed by atoms with Crippen molar-refractivity contribution in [2.45, 2.75) is 25.3 Å². The standard InChI is InChI=1S/C28H26N4/c1-2-12-25-24-20-30-27(29)19-26(24)32(31-25)28(21-13-6-3-7-14-21,22-15-8-4-9-16-22)23-17-10-5-11-18-23/h3-11,13-20H,2,12H2,1H3,(H2,29,30). The lowest BCUT2D eigenvalue weighted by Crippen LogP contribution is -2.38. The van der Waals surface area contributed by atoms with Gasteiger partial charge in [-0.3, -0.25) is 0 Å². The van der Waals surface area contributed by atoms with E-state index in [0.717, 1.165) is 46.1 Å². The number of rotatable bonds is 6. The van der Waals surface area contributed by atoms with E-state index in [1.807, 2.05) is 12.3 Å². The Hall–Kier alpha value is -3.92. The lowest BCUT2D eigenvalue weighted by molar-refractivity contribution is 0.471. The minimum absolute atomic E-state index is 0.491. The van der Waals surface area contributed by atoms with Crippen molar-refractivity contribution in [1.82, 2.24) is 14.8 Å². The Morgan fingerprint density at radius 3 is 1.75 bits per heavy atom. The first-order valence-electron chi connectivity index (χ1n) is 11.1. The number of hydrogen-bond acceptors (Lipinski definition) is 3. The van der Waals surface area contributed by atoms with Crippen LogP contribution in [0.4, 0.5) is 5.82 Å². The first-order valence-corrected chi connectivity index (χ1v) is 11.1. The molecular formula is C28H26N4. The lowest BCUT2D eigenvalue weighted by atomic mass is 9.77. The number of aromatic nitrogens is 3. The van der Waals surface area contributed by atoms with Crippen LogP contribution in [0.25, 0.3) is 10.9 Å². The zero-order chi connectivity index (χ0) is 22.0. The van der Waals surface area contributed by atoms with Gasteiger partial charge in [0.15, 0.2) is 0 Å². The monoisotopic (exact) mass is 418 g/mol. The summed E-state index contributed by atoms with van der Waals surface area (Å²) in [4.78, 5) is 4.39. The number of nitrogens with zero attached hydrogens (tertiary/aromatic N) is 3. The van der Waals surface area contributed by atoms with Crippen LogP contribution in [0, 0.1) is 0 Å². The molecule has 0 bridgehead atoms. The molecule has 5 aromatic rings. The van der Waals surface area contributed by atoms with Gasteiger partial charge in [0.25, 0.3) is 0 Å². The van der Waals surface area contributed by atoms with Crippen LogP contribution < -0.4 is 5.73 Å². The summed E-state index contributed by atoms with van der Waals surface area (Å²) in [7, 11) is 0. The molecule has 3 aromatic carbocycles. The normalized spacial score (nSPS) is 11.7. The van der Waals surface area contributed by atoms with Crippen molar-refractivity contribution in [2.75, 3.05) is 5.73 Å². The predicted molar refractivity (Wildman–Crippen MR) is 131 cm³/mol. The van der Waals surface area contributed by atoms with E-state index >= 15 is 0 Å². The van der Waals surface area contributed by atoms with E-state index in [1.165, 1.54) is 0 Å². The highest BCUT2D eigenvalue weighted by atomic mass is 15.3. The van der Waals surface area contributed by atoms with Crippen molar-refractivity contribution in [3.8, 4) is 0 Å². The highest BCUT2D eigenvalue weighted by Gasteiger charge is 2.40. The Morgan fingerprint density at radius 1 is 0.781 bits per heavy atom.